The van der Waals surface area contributed by atoms with Gasteiger partial charge < -0.3 is 4.12 Å². The molecule has 0 unspecified atom stereocenters. The van der Waals surface area contributed by atoms with Crippen LogP contribution in [0.15, 0.2) is 30.3 Å². The van der Waals surface area contributed by atoms with E-state index in [9.17, 15) is 0 Å². The van der Waals surface area contributed by atoms with E-state index in [4.69, 9.17) is 9.38 Å². The highest BCUT2D eigenvalue weighted by Gasteiger charge is 2.14. The smallest absolute Gasteiger partial charge is 0.231 e. The zero-order chi connectivity index (χ0) is 11.8. The SMILES string of the molecule is C[Si](CCCC#N)O[Si](C)c1ccccc1. The Labute approximate surface area is 101 Å². The van der Waals surface area contributed by atoms with Crippen molar-refractivity contribution in [2.24, 2.45) is 0 Å². The third-order valence-corrected chi connectivity index (χ3v) is 7.15. The normalized spacial score (nSPS) is 10.7. The lowest BCUT2D eigenvalue weighted by Crippen LogP contribution is -2.35. The second-order valence-electron chi connectivity index (χ2n) is 3.74. The zero-order valence-corrected chi connectivity index (χ0v) is 11.9. The minimum Gasteiger partial charge on any atom is -0.452 e. The molecule has 1 rings (SSSR count). The summed E-state index contributed by atoms with van der Waals surface area (Å²) in [4.78, 5) is 0. The zero-order valence-electron chi connectivity index (χ0n) is 9.86. The molecule has 1 aromatic rings. The van der Waals surface area contributed by atoms with E-state index in [1.807, 2.05) is 6.07 Å². The molecule has 0 atom stereocenters. The summed E-state index contributed by atoms with van der Waals surface area (Å²) >= 11 is 0. The molecule has 0 amide bonds. The summed E-state index contributed by atoms with van der Waals surface area (Å²) in [5.41, 5.74) is 0. The van der Waals surface area contributed by atoms with Gasteiger partial charge in [-0.15, -0.1) is 0 Å². The summed E-state index contributed by atoms with van der Waals surface area (Å²) in [6.07, 6.45) is 1.63. The molecule has 0 aliphatic carbocycles. The van der Waals surface area contributed by atoms with Crippen molar-refractivity contribution in [1.82, 2.24) is 0 Å². The Morgan fingerprint density at radius 2 is 1.94 bits per heavy atom. The third kappa shape index (κ3) is 4.75. The minimum absolute atomic E-state index is 0.655. The van der Waals surface area contributed by atoms with Gasteiger partial charge in [0.15, 0.2) is 9.04 Å². The standard InChI is InChI=1S/C12H17NOSi2/c1-15(11-7-6-10-13)14-16(2)12-8-4-3-5-9-12/h3-5,8-9H,6-7,11H2,1-2H3. The lowest BCUT2D eigenvalue weighted by Gasteiger charge is -2.16. The molecular weight excluding hydrogens is 230 g/mol. The predicted molar refractivity (Wildman–Crippen MR) is 70.1 cm³/mol. The Morgan fingerprint density at radius 3 is 2.56 bits per heavy atom. The van der Waals surface area contributed by atoms with E-state index in [0.717, 1.165) is 12.5 Å². The average Bonchev–Trinajstić information content (AvgIpc) is 2.30. The Kier molecular flexibility index (Phi) is 6.08. The Morgan fingerprint density at radius 1 is 1.25 bits per heavy atom. The van der Waals surface area contributed by atoms with E-state index in [0.29, 0.717) is 6.42 Å². The molecule has 0 spiro atoms. The molecule has 0 heterocycles. The van der Waals surface area contributed by atoms with Gasteiger partial charge in [-0.05, 0) is 30.7 Å². The molecule has 84 valence electrons. The first-order chi connectivity index (χ1) is 7.74. The lowest BCUT2D eigenvalue weighted by atomic mass is 10.4. The van der Waals surface area contributed by atoms with Gasteiger partial charge in [-0.2, -0.15) is 5.26 Å². The summed E-state index contributed by atoms with van der Waals surface area (Å²) in [5.74, 6) is 0. The van der Waals surface area contributed by atoms with Crippen LogP contribution in [0.25, 0.3) is 0 Å². The molecule has 1 aromatic carbocycles. The monoisotopic (exact) mass is 247 g/mol. The second-order valence-corrected chi connectivity index (χ2v) is 8.15. The van der Waals surface area contributed by atoms with E-state index >= 15 is 0 Å². The number of hydrogen-bond donors (Lipinski definition) is 0. The van der Waals surface area contributed by atoms with Crippen LogP contribution in [0.3, 0.4) is 0 Å². The highest BCUT2D eigenvalue weighted by Crippen LogP contribution is 2.04. The molecule has 0 saturated carbocycles. The summed E-state index contributed by atoms with van der Waals surface area (Å²) in [6.45, 7) is 4.39. The van der Waals surface area contributed by atoms with Crippen molar-refractivity contribution < 1.29 is 4.12 Å². The molecule has 2 nitrogen and oxygen atoms in total. The van der Waals surface area contributed by atoms with Crippen LogP contribution in [0.4, 0.5) is 0 Å². The largest absolute Gasteiger partial charge is 0.452 e. The summed E-state index contributed by atoms with van der Waals surface area (Å²) in [7, 11) is -1.55. The first-order valence-electron chi connectivity index (χ1n) is 5.50. The summed E-state index contributed by atoms with van der Waals surface area (Å²) < 4.78 is 6.08. The maximum absolute atomic E-state index is 8.47. The van der Waals surface area contributed by atoms with Crippen molar-refractivity contribution in [2.45, 2.75) is 32.0 Å². The van der Waals surface area contributed by atoms with Crippen LogP contribution < -0.4 is 5.19 Å². The quantitative estimate of drug-likeness (QED) is 0.571. The van der Waals surface area contributed by atoms with Gasteiger partial charge in [0.2, 0.25) is 9.04 Å². The number of benzene rings is 1. The number of unbranched alkanes of at least 4 members (excludes halogenated alkanes) is 1. The Balaban J connectivity index is 2.34. The van der Waals surface area contributed by atoms with E-state index in [1.165, 1.54) is 5.19 Å². The first-order valence-corrected chi connectivity index (χ1v) is 9.52. The molecule has 0 aliphatic rings. The highest BCUT2D eigenvalue weighted by molar-refractivity contribution is 6.73. The maximum Gasteiger partial charge on any atom is 0.231 e. The van der Waals surface area contributed by atoms with Crippen molar-refractivity contribution in [1.29, 1.82) is 5.26 Å². The molecule has 0 bridgehead atoms. The van der Waals surface area contributed by atoms with E-state index < -0.39 is 18.1 Å². The topological polar surface area (TPSA) is 33.0 Å². The van der Waals surface area contributed by atoms with Gasteiger partial charge in [-0.3, -0.25) is 0 Å². The van der Waals surface area contributed by atoms with Crippen molar-refractivity contribution in [3.63, 3.8) is 0 Å². The fourth-order valence-electron chi connectivity index (χ4n) is 1.46. The Bertz CT molecular complexity index is 337. The van der Waals surface area contributed by atoms with Gasteiger partial charge in [0.05, 0.1) is 6.07 Å². The first kappa shape index (κ1) is 13.2. The molecule has 0 fully saturated rings. The van der Waals surface area contributed by atoms with Crippen LogP contribution in [-0.2, 0) is 4.12 Å². The van der Waals surface area contributed by atoms with Crippen molar-refractivity contribution in [2.75, 3.05) is 0 Å². The molecule has 4 heteroatoms. The van der Waals surface area contributed by atoms with Gasteiger partial charge in [0.1, 0.15) is 0 Å². The summed E-state index contributed by atoms with van der Waals surface area (Å²) in [5, 5.41) is 9.80. The highest BCUT2D eigenvalue weighted by atomic mass is 28.4. The molecule has 2 radical (unpaired) electrons. The van der Waals surface area contributed by atoms with Gasteiger partial charge in [-0.25, -0.2) is 0 Å². The second kappa shape index (κ2) is 7.39. The summed E-state index contributed by atoms with van der Waals surface area (Å²) in [6, 6.07) is 13.7. The van der Waals surface area contributed by atoms with E-state index in [1.54, 1.807) is 0 Å². The average molecular weight is 247 g/mol. The molecule has 0 N–H and O–H groups in total. The van der Waals surface area contributed by atoms with Gasteiger partial charge >= 0.3 is 0 Å². The number of hydrogen-bond acceptors (Lipinski definition) is 2. The predicted octanol–water partition coefficient (Wildman–Crippen LogP) is 2.46. The van der Waals surface area contributed by atoms with Crippen LogP contribution in [0, 0.1) is 11.3 Å². The molecule has 16 heavy (non-hydrogen) atoms. The number of rotatable bonds is 6. The molecule has 0 saturated heterocycles. The van der Waals surface area contributed by atoms with Crippen LogP contribution in [0.1, 0.15) is 12.8 Å². The third-order valence-electron chi connectivity index (χ3n) is 2.33. The van der Waals surface area contributed by atoms with Crippen molar-refractivity contribution in [3.05, 3.63) is 30.3 Å². The van der Waals surface area contributed by atoms with Crippen LogP contribution in [0.5, 0.6) is 0 Å². The van der Waals surface area contributed by atoms with Gasteiger partial charge in [0, 0.05) is 6.42 Å². The van der Waals surface area contributed by atoms with E-state index in [-0.39, 0.29) is 0 Å². The van der Waals surface area contributed by atoms with Crippen LogP contribution >= 0.6 is 0 Å². The fraction of sp³-hybridized carbons (Fsp3) is 0.417. The minimum atomic E-state index is -0.841. The molecule has 0 aliphatic heterocycles. The number of nitrogens with zero attached hydrogens (tertiary/aromatic N) is 1. The lowest BCUT2D eigenvalue weighted by molar-refractivity contribution is 0.599. The van der Waals surface area contributed by atoms with Crippen LogP contribution in [0.2, 0.25) is 19.1 Å². The number of nitriles is 1. The van der Waals surface area contributed by atoms with Gasteiger partial charge in [-0.1, -0.05) is 30.3 Å². The fourth-order valence-corrected chi connectivity index (χ4v) is 5.77. The molecular formula is C12H17NOSi2. The Hall–Kier alpha value is -0.896. The maximum atomic E-state index is 8.47. The van der Waals surface area contributed by atoms with Crippen LogP contribution in [-0.4, -0.2) is 18.1 Å². The van der Waals surface area contributed by atoms with Crippen molar-refractivity contribution >= 4 is 23.3 Å². The van der Waals surface area contributed by atoms with E-state index in [2.05, 4.69) is 43.4 Å². The van der Waals surface area contributed by atoms with Crippen molar-refractivity contribution in [3.8, 4) is 6.07 Å². The van der Waals surface area contributed by atoms with Gasteiger partial charge in [0.25, 0.3) is 0 Å². The molecule has 0 aromatic heterocycles.